The Labute approximate surface area is 199 Å². The number of ether oxygens (including phenoxy) is 1. The molecule has 1 aromatic rings. The first-order valence-corrected chi connectivity index (χ1v) is 11.6. The van der Waals surface area contributed by atoms with E-state index in [0.717, 1.165) is 44.5 Å². The summed E-state index contributed by atoms with van der Waals surface area (Å²) in [4.78, 5) is 9.72. The average molecular weight is 527 g/mol. The maximum absolute atomic E-state index is 6.20. The molecule has 3 unspecified atom stereocenters. The molecule has 5 nitrogen and oxygen atoms in total. The third kappa shape index (κ3) is 6.10. The van der Waals surface area contributed by atoms with E-state index in [1.807, 2.05) is 7.05 Å². The highest BCUT2D eigenvalue weighted by Gasteiger charge is 2.30. The lowest BCUT2D eigenvalue weighted by molar-refractivity contribution is -0.0266. The molecule has 3 heterocycles. The number of nitrogens with zero attached hydrogens (tertiary/aromatic N) is 3. The number of rotatable bonds is 5. The molecule has 3 saturated heterocycles. The zero-order valence-electron chi connectivity index (χ0n) is 18.7. The maximum atomic E-state index is 6.20. The van der Waals surface area contributed by atoms with Crippen molar-refractivity contribution in [3.8, 4) is 0 Å². The highest BCUT2D eigenvalue weighted by Crippen LogP contribution is 2.33. The number of guanidine groups is 1. The van der Waals surface area contributed by atoms with Gasteiger partial charge in [0.15, 0.2) is 5.96 Å². The summed E-state index contributed by atoms with van der Waals surface area (Å²) in [6, 6.07) is 8.86. The van der Waals surface area contributed by atoms with Crippen molar-refractivity contribution >= 4 is 29.9 Å². The van der Waals surface area contributed by atoms with Crippen molar-refractivity contribution < 1.29 is 4.74 Å². The van der Waals surface area contributed by atoms with Crippen LogP contribution in [0.4, 0.5) is 0 Å². The molecule has 1 aromatic carbocycles. The average Bonchev–Trinajstić information content (AvgIpc) is 3.42. The third-order valence-electron chi connectivity index (χ3n) is 6.89. The first-order chi connectivity index (χ1) is 14.2. The van der Waals surface area contributed by atoms with Crippen LogP contribution in [-0.2, 0) is 4.74 Å². The summed E-state index contributed by atoms with van der Waals surface area (Å²) in [5.41, 5.74) is 2.61. The Morgan fingerprint density at radius 2 is 1.87 bits per heavy atom. The number of nitrogens with one attached hydrogen (secondary N) is 1. The lowest BCUT2D eigenvalue weighted by atomic mass is 9.89. The number of aryl methyl sites for hydroxylation is 1. The molecule has 3 atom stereocenters. The van der Waals surface area contributed by atoms with E-state index in [-0.39, 0.29) is 30.1 Å². The minimum atomic E-state index is 0. The van der Waals surface area contributed by atoms with Crippen molar-refractivity contribution in [1.29, 1.82) is 0 Å². The van der Waals surface area contributed by atoms with Gasteiger partial charge in [-0.2, -0.15) is 0 Å². The Hall–Kier alpha value is -0.860. The van der Waals surface area contributed by atoms with Crippen molar-refractivity contribution in [3.63, 3.8) is 0 Å². The minimum absolute atomic E-state index is 0. The van der Waals surface area contributed by atoms with E-state index in [1.165, 1.54) is 56.4 Å². The van der Waals surface area contributed by atoms with E-state index in [4.69, 9.17) is 4.74 Å². The summed E-state index contributed by atoms with van der Waals surface area (Å²) in [7, 11) is 1.92. The van der Waals surface area contributed by atoms with Gasteiger partial charge in [0.1, 0.15) is 0 Å². The van der Waals surface area contributed by atoms with Crippen molar-refractivity contribution in [3.05, 3.63) is 35.4 Å². The Morgan fingerprint density at radius 3 is 2.60 bits per heavy atom. The van der Waals surface area contributed by atoms with Crippen LogP contribution in [0.5, 0.6) is 0 Å². The van der Waals surface area contributed by atoms with Gasteiger partial charge in [0, 0.05) is 45.8 Å². The molecule has 30 heavy (non-hydrogen) atoms. The zero-order chi connectivity index (χ0) is 20.1. The molecule has 0 aliphatic carbocycles. The molecule has 0 amide bonds. The predicted octanol–water partition coefficient (Wildman–Crippen LogP) is 4.07. The van der Waals surface area contributed by atoms with Gasteiger partial charge in [-0.25, -0.2) is 0 Å². The van der Waals surface area contributed by atoms with Gasteiger partial charge in [0.05, 0.1) is 6.10 Å². The van der Waals surface area contributed by atoms with Crippen molar-refractivity contribution in [1.82, 2.24) is 15.1 Å². The summed E-state index contributed by atoms with van der Waals surface area (Å²) >= 11 is 0. The standard InChI is InChI=1S/C24H38N4O.HI/c1-19-7-9-21(10-8-19)23-22(6-5-15-29-23)16-26-24(25-2)28-14-11-20(18-28)17-27-12-3-4-13-27;/h7-10,20,22-23H,3-6,11-18H2,1-2H3,(H,25,26);1H. The number of hydrogen-bond donors (Lipinski definition) is 1. The Bertz CT molecular complexity index is 674. The molecule has 3 aliphatic rings. The molecule has 4 rings (SSSR count). The number of hydrogen-bond acceptors (Lipinski definition) is 3. The fourth-order valence-electron chi connectivity index (χ4n) is 5.24. The van der Waals surface area contributed by atoms with Gasteiger partial charge < -0.3 is 19.9 Å². The Morgan fingerprint density at radius 1 is 1.10 bits per heavy atom. The first-order valence-electron chi connectivity index (χ1n) is 11.6. The zero-order valence-corrected chi connectivity index (χ0v) is 21.0. The molecule has 0 aromatic heterocycles. The van der Waals surface area contributed by atoms with Crippen LogP contribution in [0.1, 0.15) is 49.3 Å². The smallest absolute Gasteiger partial charge is 0.193 e. The molecule has 0 spiro atoms. The summed E-state index contributed by atoms with van der Waals surface area (Å²) in [6.07, 6.45) is 6.60. The van der Waals surface area contributed by atoms with Crippen LogP contribution in [0.2, 0.25) is 0 Å². The fourth-order valence-corrected chi connectivity index (χ4v) is 5.24. The van der Waals surface area contributed by atoms with Crippen LogP contribution < -0.4 is 5.32 Å². The molecule has 3 aliphatic heterocycles. The topological polar surface area (TPSA) is 40.1 Å². The van der Waals surface area contributed by atoms with Gasteiger partial charge >= 0.3 is 0 Å². The largest absolute Gasteiger partial charge is 0.373 e. The number of benzene rings is 1. The van der Waals surface area contributed by atoms with E-state index < -0.39 is 0 Å². The van der Waals surface area contributed by atoms with Gasteiger partial charge in [-0.3, -0.25) is 4.99 Å². The number of halogens is 1. The summed E-state index contributed by atoms with van der Waals surface area (Å²) in [5, 5.41) is 3.69. The summed E-state index contributed by atoms with van der Waals surface area (Å²) < 4.78 is 6.20. The van der Waals surface area contributed by atoms with E-state index in [1.54, 1.807) is 0 Å². The van der Waals surface area contributed by atoms with Crippen LogP contribution in [-0.4, -0.2) is 68.7 Å². The Kier molecular flexibility index (Phi) is 9.26. The van der Waals surface area contributed by atoms with Gasteiger partial charge in [-0.1, -0.05) is 29.8 Å². The van der Waals surface area contributed by atoms with Crippen LogP contribution in [0.3, 0.4) is 0 Å². The number of aliphatic imine (C=N–C) groups is 1. The van der Waals surface area contributed by atoms with E-state index in [9.17, 15) is 0 Å². The molecule has 0 saturated carbocycles. The van der Waals surface area contributed by atoms with Crippen LogP contribution >= 0.6 is 24.0 Å². The molecular formula is C24H39IN4O. The molecule has 1 N–H and O–H groups in total. The van der Waals surface area contributed by atoms with Crippen LogP contribution in [0.15, 0.2) is 29.3 Å². The van der Waals surface area contributed by atoms with E-state index in [0.29, 0.717) is 5.92 Å². The molecule has 6 heteroatoms. The third-order valence-corrected chi connectivity index (χ3v) is 6.89. The highest BCUT2D eigenvalue weighted by atomic mass is 127. The molecule has 0 radical (unpaired) electrons. The van der Waals surface area contributed by atoms with Gasteiger partial charge in [-0.15, -0.1) is 24.0 Å². The maximum Gasteiger partial charge on any atom is 0.193 e. The van der Waals surface area contributed by atoms with Gasteiger partial charge in [-0.05, 0) is 63.6 Å². The van der Waals surface area contributed by atoms with E-state index >= 15 is 0 Å². The second-order valence-electron chi connectivity index (χ2n) is 9.14. The second kappa shape index (κ2) is 11.7. The second-order valence-corrected chi connectivity index (χ2v) is 9.14. The van der Waals surface area contributed by atoms with Crippen LogP contribution in [0, 0.1) is 18.8 Å². The predicted molar refractivity (Wildman–Crippen MR) is 135 cm³/mol. The monoisotopic (exact) mass is 526 g/mol. The fraction of sp³-hybridized carbons (Fsp3) is 0.708. The van der Waals surface area contributed by atoms with Gasteiger partial charge in [0.2, 0.25) is 0 Å². The molecule has 168 valence electrons. The van der Waals surface area contributed by atoms with E-state index in [2.05, 4.69) is 51.3 Å². The lowest BCUT2D eigenvalue weighted by Crippen LogP contribution is -2.44. The quantitative estimate of drug-likeness (QED) is 0.357. The summed E-state index contributed by atoms with van der Waals surface area (Å²) in [6.45, 7) is 10.1. The normalized spacial score (nSPS) is 27.9. The first kappa shape index (κ1) is 23.8. The number of likely N-dealkylation sites (tertiary alicyclic amines) is 2. The molecule has 3 fully saturated rings. The molecular weight excluding hydrogens is 487 g/mol. The molecule has 0 bridgehead atoms. The van der Waals surface area contributed by atoms with Crippen molar-refractivity contribution in [2.75, 3.05) is 52.9 Å². The minimum Gasteiger partial charge on any atom is -0.373 e. The lowest BCUT2D eigenvalue weighted by Gasteiger charge is -2.33. The summed E-state index contributed by atoms with van der Waals surface area (Å²) in [5.74, 6) is 2.35. The van der Waals surface area contributed by atoms with Crippen molar-refractivity contribution in [2.45, 2.75) is 45.1 Å². The van der Waals surface area contributed by atoms with Crippen molar-refractivity contribution in [2.24, 2.45) is 16.8 Å². The Balaban J connectivity index is 0.00000256. The van der Waals surface area contributed by atoms with Gasteiger partial charge in [0.25, 0.3) is 0 Å². The highest BCUT2D eigenvalue weighted by molar-refractivity contribution is 14.0. The van der Waals surface area contributed by atoms with Crippen LogP contribution in [0.25, 0.3) is 0 Å². The SMILES string of the molecule is CN=C(NCC1CCCOC1c1ccc(C)cc1)N1CCC(CN2CCCC2)C1.I.